The van der Waals surface area contributed by atoms with Gasteiger partial charge in [-0.05, 0) is 42.5 Å². The summed E-state index contributed by atoms with van der Waals surface area (Å²) in [5, 5.41) is 0. The number of allylic oxidation sites excluding steroid dienone is 2. The summed E-state index contributed by atoms with van der Waals surface area (Å²) in [5.41, 5.74) is 0.722. The van der Waals surface area contributed by atoms with Gasteiger partial charge in [-0.1, -0.05) is 54.2 Å². The van der Waals surface area contributed by atoms with Crippen molar-refractivity contribution in [2.45, 2.75) is 16.2 Å². The van der Waals surface area contributed by atoms with E-state index >= 15 is 0 Å². The third-order valence-corrected chi connectivity index (χ3v) is 6.62. The Hall–Kier alpha value is -2.33. The topological polar surface area (TPSA) is 37.4 Å². The number of fused-ring (bicyclic) bond motifs is 5. The maximum absolute atomic E-state index is 13.1. The number of rotatable bonds is 3. The average molecular weight is 347 g/mol. The first-order valence-corrected chi connectivity index (χ1v) is 9.44. The number of amides is 2. The van der Waals surface area contributed by atoms with E-state index in [4.69, 9.17) is 0 Å². The fourth-order valence-corrected chi connectivity index (χ4v) is 5.44. The van der Waals surface area contributed by atoms with Crippen molar-refractivity contribution < 1.29 is 9.59 Å². The van der Waals surface area contributed by atoms with Crippen LogP contribution in [0.25, 0.3) is 0 Å². The monoisotopic (exact) mass is 347 g/mol. The Balaban J connectivity index is 1.52. The minimum Gasteiger partial charge on any atom is -0.274 e. The molecule has 3 nitrogen and oxygen atoms in total. The van der Waals surface area contributed by atoms with Gasteiger partial charge in [-0.3, -0.25) is 9.59 Å². The van der Waals surface area contributed by atoms with Crippen LogP contribution in [0.5, 0.6) is 0 Å². The van der Waals surface area contributed by atoms with Crippen molar-refractivity contribution in [3.05, 3.63) is 66.7 Å². The zero-order valence-electron chi connectivity index (χ0n) is 13.5. The molecule has 0 aromatic heterocycles. The molecule has 3 aliphatic rings. The highest BCUT2D eigenvalue weighted by atomic mass is 32.2. The Morgan fingerprint density at radius 2 is 1.40 bits per heavy atom. The van der Waals surface area contributed by atoms with Crippen LogP contribution in [0, 0.1) is 23.7 Å². The standard InChI is InChI=1S/C21H17NO2S/c23-20-18-13-10-11-14(12-13)19(18)21(24)22(20)16-8-4-5-9-17(16)25-15-6-2-1-3-7-15/h1-11,13-14,18-19H,12H2/t13-,14+,18-,19+. The van der Waals surface area contributed by atoms with Gasteiger partial charge < -0.3 is 0 Å². The van der Waals surface area contributed by atoms with Gasteiger partial charge in [0.15, 0.2) is 0 Å². The number of carbonyl (C=O) groups is 2. The van der Waals surface area contributed by atoms with Crippen molar-refractivity contribution >= 4 is 29.3 Å². The molecule has 2 aromatic carbocycles. The van der Waals surface area contributed by atoms with E-state index in [9.17, 15) is 9.59 Å². The molecule has 124 valence electrons. The molecule has 0 N–H and O–H groups in total. The molecule has 0 radical (unpaired) electrons. The second-order valence-electron chi connectivity index (χ2n) is 6.89. The molecule has 2 fully saturated rings. The van der Waals surface area contributed by atoms with Crippen molar-refractivity contribution in [3.63, 3.8) is 0 Å². The van der Waals surface area contributed by atoms with E-state index in [1.807, 2.05) is 54.6 Å². The summed E-state index contributed by atoms with van der Waals surface area (Å²) in [4.78, 5) is 29.6. The predicted molar refractivity (Wildman–Crippen MR) is 97.2 cm³/mol. The summed E-state index contributed by atoms with van der Waals surface area (Å²) in [7, 11) is 0. The Morgan fingerprint density at radius 3 is 2.08 bits per heavy atom. The molecule has 5 rings (SSSR count). The molecule has 25 heavy (non-hydrogen) atoms. The smallest absolute Gasteiger partial charge is 0.238 e. The Morgan fingerprint density at radius 1 is 0.800 bits per heavy atom. The highest BCUT2D eigenvalue weighted by Crippen LogP contribution is 2.54. The number of carbonyl (C=O) groups excluding carboxylic acids is 2. The minimum absolute atomic E-state index is 0.0204. The number of benzene rings is 2. The van der Waals surface area contributed by atoms with Gasteiger partial charge >= 0.3 is 0 Å². The third-order valence-electron chi connectivity index (χ3n) is 5.55. The molecule has 2 bridgehead atoms. The van der Waals surface area contributed by atoms with Crippen LogP contribution < -0.4 is 4.90 Å². The zero-order chi connectivity index (χ0) is 17.0. The number of hydrogen-bond acceptors (Lipinski definition) is 3. The van der Waals surface area contributed by atoms with Crippen molar-refractivity contribution in [3.8, 4) is 0 Å². The van der Waals surface area contributed by atoms with Crippen molar-refractivity contribution in [1.29, 1.82) is 0 Å². The normalized spacial score (nSPS) is 29.5. The van der Waals surface area contributed by atoms with Crippen LogP contribution >= 0.6 is 11.8 Å². The van der Waals surface area contributed by atoms with E-state index in [0.717, 1.165) is 21.9 Å². The number of nitrogens with zero attached hydrogens (tertiary/aromatic N) is 1. The van der Waals surface area contributed by atoms with Crippen molar-refractivity contribution in [1.82, 2.24) is 0 Å². The van der Waals surface area contributed by atoms with E-state index in [1.165, 1.54) is 4.90 Å². The van der Waals surface area contributed by atoms with Crippen molar-refractivity contribution in [2.24, 2.45) is 23.7 Å². The van der Waals surface area contributed by atoms with Gasteiger partial charge in [0.2, 0.25) is 11.8 Å². The van der Waals surface area contributed by atoms with E-state index in [0.29, 0.717) is 0 Å². The molecular weight excluding hydrogens is 330 g/mol. The van der Waals surface area contributed by atoms with Gasteiger partial charge in [0.1, 0.15) is 0 Å². The third kappa shape index (κ3) is 2.20. The molecule has 1 saturated heterocycles. The van der Waals surface area contributed by atoms with Gasteiger partial charge in [-0.2, -0.15) is 0 Å². The lowest BCUT2D eigenvalue weighted by Gasteiger charge is -2.20. The first-order chi connectivity index (χ1) is 12.2. The first-order valence-electron chi connectivity index (χ1n) is 8.62. The van der Waals surface area contributed by atoms with Crippen LogP contribution in [0.15, 0.2) is 76.5 Å². The SMILES string of the molecule is O=C1[C@@H]2[C@H](C(=O)N1c1ccccc1Sc1ccccc1)[C@@H]1C=C[C@H]2C1. The molecule has 0 spiro atoms. The molecule has 2 amide bonds. The largest absolute Gasteiger partial charge is 0.274 e. The Bertz CT molecular complexity index is 862. The summed E-state index contributed by atoms with van der Waals surface area (Å²) in [5.74, 6) is 0.131. The summed E-state index contributed by atoms with van der Waals surface area (Å²) >= 11 is 1.59. The van der Waals surface area contributed by atoms with Crippen LogP contribution in [0.2, 0.25) is 0 Å². The van der Waals surface area contributed by atoms with Gasteiger partial charge in [-0.25, -0.2) is 4.90 Å². The van der Waals surface area contributed by atoms with E-state index in [1.54, 1.807) is 11.8 Å². The first kappa shape index (κ1) is 15.0. The second kappa shape index (κ2) is 5.60. The molecule has 2 aromatic rings. The lowest BCUT2D eigenvalue weighted by Crippen LogP contribution is -2.33. The maximum atomic E-state index is 13.1. The molecule has 1 heterocycles. The quantitative estimate of drug-likeness (QED) is 0.618. The van der Waals surface area contributed by atoms with Gasteiger partial charge in [-0.15, -0.1) is 0 Å². The van der Waals surface area contributed by atoms with Crippen molar-refractivity contribution in [2.75, 3.05) is 4.90 Å². The average Bonchev–Trinajstić information content (AvgIpc) is 3.31. The van der Waals surface area contributed by atoms with E-state index in [-0.39, 0.29) is 35.5 Å². The number of hydrogen-bond donors (Lipinski definition) is 0. The number of imide groups is 1. The summed E-state index contributed by atoms with van der Waals surface area (Å²) in [6.45, 7) is 0. The van der Waals surface area contributed by atoms with E-state index in [2.05, 4.69) is 12.2 Å². The maximum Gasteiger partial charge on any atom is 0.238 e. The molecule has 2 aliphatic carbocycles. The van der Waals surface area contributed by atoms with Crippen LogP contribution in [0.3, 0.4) is 0 Å². The molecular formula is C21H17NO2S. The van der Waals surface area contributed by atoms with Gasteiger partial charge in [0.25, 0.3) is 0 Å². The van der Waals surface area contributed by atoms with Crippen LogP contribution in [0.1, 0.15) is 6.42 Å². The summed E-state index contributed by atoms with van der Waals surface area (Å²) < 4.78 is 0. The van der Waals surface area contributed by atoms with Gasteiger partial charge in [0, 0.05) is 9.79 Å². The van der Waals surface area contributed by atoms with Crippen LogP contribution in [0.4, 0.5) is 5.69 Å². The fourth-order valence-electron chi connectivity index (χ4n) is 4.48. The van der Waals surface area contributed by atoms with Gasteiger partial charge in [0.05, 0.1) is 17.5 Å². The Labute approximate surface area is 150 Å². The zero-order valence-corrected chi connectivity index (χ0v) is 14.4. The molecule has 1 aliphatic heterocycles. The minimum atomic E-state index is -0.155. The molecule has 1 saturated carbocycles. The number of para-hydroxylation sites is 1. The highest BCUT2D eigenvalue weighted by Gasteiger charge is 2.59. The summed E-state index contributed by atoms with van der Waals surface area (Å²) in [6.07, 6.45) is 5.22. The molecule has 4 atom stereocenters. The lowest BCUT2D eigenvalue weighted by atomic mass is 9.85. The second-order valence-corrected chi connectivity index (χ2v) is 8.01. The lowest BCUT2D eigenvalue weighted by molar-refractivity contribution is -0.123. The predicted octanol–water partition coefficient (Wildman–Crippen LogP) is 4.15. The summed E-state index contributed by atoms with van der Waals surface area (Å²) in [6, 6.07) is 17.7. The highest BCUT2D eigenvalue weighted by molar-refractivity contribution is 7.99. The van der Waals surface area contributed by atoms with Crippen LogP contribution in [-0.4, -0.2) is 11.8 Å². The molecule has 0 unspecified atom stereocenters. The molecule has 4 heteroatoms. The Kier molecular flexibility index (Phi) is 3.35. The fraction of sp³-hybridized carbons (Fsp3) is 0.238. The number of anilines is 1. The van der Waals surface area contributed by atoms with E-state index < -0.39 is 0 Å². The van der Waals surface area contributed by atoms with Crippen LogP contribution in [-0.2, 0) is 9.59 Å².